The topological polar surface area (TPSA) is 69.7 Å². The number of rotatable bonds is 8. The van der Waals surface area contributed by atoms with Gasteiger partial charge >= 0.3 is 0 Å². The zero-order valence-electron chi connectivity index (χ0n) is 17.2. The van der Waals surface area contributed by atoms with E-state index in [1.165, 1.54) is 5.56 Å². The first kappa shape index (κ1) is 21.9. The molecule has 0 bridgehead atoms. The van der Waals surface area contributed by atoms with Gasteiger partial charge in [0, 0.05) is 19.6 Å². The molecule has 1 amide bonds. The number of carbonyl (C=O) groups is 1. The van der Waals surface area contributed by atoms with Crippen molar-refractivity contribution in [3.05, 3.63) is 64.7 Å². The highest BCUT2D eigenvalue weighted by molar-refractivity contribution is 7.92. The molecular formula is C21H29N3O3S. The maximum Gasteiger partial charge on any atom is 0.256 e. The third-order valence-electron chi connectivity index (χ3n) is 4.26. The predicted octanol–water partition coefficient (Wildman–Crippen LogP) is 3.09. The van der Waals surface area contributed by atoms with E-state index in [4.69, 9.17) is 0 Å². The standard InChI is InChI=1S/C21H29N3O3S/c1-6-24(15-18-10-8-17(9-11-18)14-23(3)4)21(25)19-13-16(2)7-12-20(19)22-28(5,26)27/h7-13,22H,6,14-15H2,1-5H3. The highest BCUT2D eigenvalue weighted by Gasteiger charge is 2.20. The second kappa shape index (κ2) is 9.21. The summed E-state index contributed by atoms with van der Waals surface area (Å²) in [5.74, 6) is -0.199. The number of carbonyl (C=O) groups excluding carboxylic acids is 1. The van der Waals surface area contributed by atoms with Gasteiger partial charge in [-0.1, -0.05) is 35.9 Å². The first-order valence-corrected chi connectivity index (χ1v) is 11.1. The van der Waals surface area contributed by atoms with E-state index in [1.54, 1.807) is 23.1 Å². The van der Waals surface area contributed by atoms with Gasteiger partial charge in [0.1, 0.15) is 0 Å². The molecule has 0 fully saturated rings. The summed E-state index contributed by atoms with van der Waals surface area (Å²) in [6, 6.07) is 13.3. The predicted molar refractivity (Wildman–Crippen MR) is 114 cm³/mol. The number of aryl methyl sites for hydroxylation is 1. The molecule has 0 atom stereocenters. The highest BCUT2D eigenvalue weighted by atomic mass is 32.2. The minimum Gasteiger partial charge on any atom is -0.335 e. The normalized spacial score (nSPS) is 11.5. The summed E-state index contributed by atoms with van der Waals surface area (Å²) >= 11 is 0. The Morgan fingerprint density at radius 1 is 1.00 bits per heavy atom. The number of nitrogens with zero attached hydrogens (tertiary/aromatic N) is 2. The lowest BCUT2D eigenvalue weighted by molar-refractivity contribution is 0.0753. The number of sulfonamides is 1. The van der Waals surface area contributed by atoms with Crippen molar-refractivity contribution >= 4 is 21.6 Å². The number of benzene rings is 2. The molecule has 0 unspecified atom stereocenters. The molecule has 2 aromatic carbocycles. The average Bonchev–Trinajstić information content (AvgIpc) is 2.60. The van der Waals surface area contributed by atoms with Gasteiger partial charge in [-0.2, -0.15) is 0 Å². The van der Waals surface area contributed by atoms with Crippen LogP contribution >= 0.6 is 0 Å². The molecule has 152 valence electrons. The Hall–Kier alpha value is -2.38. The Morgan fingerprint density at radius 3 is 2.07 bits per heavy atom. The van der Waals surface area contributed by atoms with Crippen molar-refractivity contribution in [2.75, 3.05) is 31.6 Å². The van der Waals surface area contributed by atoms with Crippen LogP contribution < -0.4 is 4.72 Å². The highest BCUT2D eigenvalue weighted by Crippen LogP contribution is 2.21. The van der Waals surface area contributed by atoms with Crippen molar-refractivity contribution in [3.8, 4) is 0 Å². The van der Waals surface area contributed by atoms with E-state index in [-0.39, 0.29) is 5.91 Å². The van der Waals surface area contributed by atoms with Gasteiger partial charge in [0.25, 0.3) is 5.91 Å². The Bertz CT molecular complexity index is 922. The number of amides is 1. The van der Waals surface area contributed by atoms with Crippen LogP contribution in [-0.2, 0) is 23.1 Å². The number of hydrogen-bond donors (Lipinski definition) is 1. The number of hydrogen-bond acceptors (Lipinski definition) is 4. The zero-order valence-corrected chi connectivity index (χ0v) is 18.0. The van der Waals surface area contributed by atoms with Gasteiger partial charge in [-0.05, 0) is 51.2 Å². The van der Waals surface area contributed by atoms with Crippen LogP contribution in [-0.4, -0.2) is 51.0 Å². The second-order valence-electron chi connectivity index (χ2n) is 7.30. The summed E-state index contributed by atoms with van der Waals surface area (Å²) in [4.78, 5) is 16.9. The monoisotopic (exact) mass is 403 g/mol. The molecule has 28 heavy (non-hydrogen) atoms. The van der Waals surface area contributed by atoms with Crippen LogP contribution in [0.2, 0.25) is 0 Å². The van der Waals surface area contributed by atoms with Crippen molar-refractivity contribution in [1.82, 2.24) is 9.80 Å². The molecule has 0 aliphatic heterocycles. The van der Waals surface area contributed by atoms with Crippen molar-refractivity contribution in [1.29, 1.82) is 0 Å². The van der Waals surface area contributed by atoms with Crippen molar-refractivity contribution in [2.24, 2.45) is 0 Å². The van der Waals surface area contributed by atoms with Crippen LogP contribution in [0.1, 0.15) is 34.0 Å². The molecule has 0 aliphatic carbocycles. The Balaban J connectivity index is 2.25. The van der Waals surface area contributed by atoms with Gasteiger partial charge in [0.15, 0.2) is 0 Å². The minimum absolute atomic E-state index is 0.199. The Labute approximate surface area is 168 Å². The third kappa shape index (κ3) is 6.35. The molecule has 0 radical (unpaired) electrons. The Morgan fingerprint density at radius 2 is 1.57 bits per heavy atom. The molecule has 2 aromatic rings. The average molecular weight is 404 g/mol. The lowest BCUT2D eigenvalue weighted by Crippen LogP contribution is -2.31. The lowest BCUT2D eigenvalue weighted by atomic mass is 10.1. The van der Waals surface area contributed by atoms with Gasteiger partial charge < -0.3 is 9.80 Å². The van der Waals surface area contributed by atoms with E-state index in [0.717, 1.165) is 23.9 Å². The molecule has 0 aliphatic rings. The third-order valence-corrected chi connectivity index (χ3v) is 4.86. The van der Waals surface area contributed by atoms with Crippen LogP contribution in [0.4, 0.5) is 5.69 Å². The molecule has 7 heteroatoms. The van der Waals surface area contributed by atoms with E-state index in [1.807, 2.05) is 40.1 Å². The summed E-state index contributed by atoms with van der Waals surface area (Å²) in [7, 11) is 0.570. The van der Waals surface area contributed by atoms with Crippen molar-refractivity contribution in [2.45, 2.75) is 26.9 Å². The zero-order chi connectivity index (χ0) is 20.9. The van der Waals surface area contributed by atoms with Crippen LogP contribution in [0.3, 0.4) is 0 Å². The maximum absolute atomic E-state index is 13.1. The van der Waals surface area contributed by atoms with Crippen molar-refractivity contribution in [3.63, 3.8) is 0 Å². The van der Waals surface area contributed by atoms with E-state index in [0.29, 0.717) is 24.3 Å². The van der Waals surface area contributed by atoms with E-state index < -0.39 is 10.0 Å². The van der Waals surface area contributed by atoms with E-state index >= 15 is 0 Å². The summed E-state index contributed by atoms with van der Waals surface area (Å²) in [6.07, 6.45) is 1.08. The molecule has 0 saturated heterocycles. The smallest absolute Gasteiger partial charge is 0.256 e. The minimum atomic E-state index is -3.48. The molecular weight excluding hydrogens is 374 g/mol. The second-order valence-corrected chi connectivity index (χ2v) is 9.05. The SMILES string of the molecule is CCN(Cc1ccc(CN(C)C)cc1)C(=O)c1cc(C)ccc1NS(C)(=O)=O. The summed E-state index contributed by atoms with van der Waals surface area (Å²) in [6.45, 7) is 5.63. The quantitative estimate of drug-likeness (QED) is 0.735. The van der Waals surface area contributed by atoms with Gasteiger partial charge in [0.2, 0.25) is 10.0 Å². The largest absolute Gasteiger partial charge is 0.335 e. The fraction of sp³-hybridized carbons (Fsp3) is 0.381. The van der Waals surface area contributed by atoms with Crippen LogP contribution in [0.15, 0.2) is 42.5 Å². The maximum atomic E-state index is 13.1. The van der Waals surface area contributed by atoms with E-state index in [9.17, 15) is 13.2 Å². The Kier molecular flexibility index (Phi) is 7.21. The molecule has 2 rings (SSSR count). The molecule has 0 heterocycles. The van der Waals surface area contributed by atoms with Gasteiger partial charge in [0.05, 0.1) is 17.5 Å². The molecule has 6 nitrogen and oxygen atoms in total. The molecule has 0 saturated carbocycles. The summed E-state index contributed by atoms with van der Waals surface area (Å²) < 4.78 is 25.8. The molecule has 0 spiro atoms. The summed E-state index contributed by atoms with van der Waals surface area (Å²) in [5.41, 5.74) is 3.80. The summed E-state index contributed by atoms with van der Waals surface area (Å²) in [5, 5.41) is 0. The van der Waals surface area contributed by atoms with Crippen molar-refractivity contribution < 1.29 is 13.2 Å². The van der Waals surface area contributed by atoms with Crippen LogP contribution in [0, 0.1) is 6.92 Å². The lowest BCUT2D eigenvalue weighted by Gasteiger charge is -2.23. The van der Waals surface area contributed by atoms with Crippen LogP contribution in [0.5, 0.6) is 0 Å². The first-order chi connectivity index (χ1) is 13.1. The van der Waals surface area contributed by atoms with E-state index in [2.05, 4.69) is 21.8 Å². The number of nitrogens with one attached hydrogen (secondary N) is 1. The number of anilines is 1. The molecule has 1 N–H and O–H groups in total. The van der Waals surface area contributed by atoms with Gasteiger partial charge in [-0.3, -0.25) is 9.52 Å². The fourth-order valence-corrected chi connectivity index (χ4v) is 3.53. The fourth-order valence-electron chi connectivity index (χ4n) is 2.96. The molecule has 0 aromatic heterocycles. The van der Waals surface area contributed by atoms with Gasteiger partial charge in [-0.25, -0.2) is 8.42 Å². The van der Waals surface area contributed by atoms with Crippen LogP contribution in [0.25, 0.3) is 0 Å². The van der Waals surface area contributed by atoms with Gasteiger partial charge in [-0.15, -0.1) is 0 Å². The first-order valence-electron chi connectivity index (χ1n) is 9.19.